The van der Waals surface area contributed by atoms with Crippen LogP contribution < -0.4 is 4.74 Å². The second kappa shape index (κ2) is 7.73. The van der Waals surface area contributed by atoms with E-state index in [1.165, 1.54) is 11.1 Å². The first-order valence-corrected chi connectivity index (χ1v) is 7.39. The van der Waals surface area contributed by atoms with Crippen LogP contribution in [0.2, 0.25) is 0 Å². The van der Waals surface area contributed by atoms with Crippen molar-refractivity contribution < 1.29 is 14.2 Å². The van der Waals surface area contributed by atoms with E-state index in [1.807, 2.05) is 13.0 Å². The molecule has 1 aliphatic heterocycles. The molecule has 0 radical (unpaired) electrons. The Morgan fingerprint density at radius 1 is 1.42 bits per heavy atom. The highest BCUT2D eigenvalue weighted by Gasteiger charge is 2.20. The molecule has 1 aromatic carbocycles. The Kier molecular flexibility index (Phi) is 5.95. The van der Waals surface area contributed by atoms with Gasteiger partial charge in [-0.2, -0.15) is 0 Å². The van der Waals surface area contributed by atoms with Crippen molar-refractivity contribution in [2.45, 2.75) is 25.9 Å². The van der Waals surface area contributed by atoms with Gasteiger partial charge in [0, 0.05) is 12.5 Å². The number of halogens is 1. The molecule has 0 spiro atoms. The van der Waals surface area contributed by atoms with E-state index in [0.717, 1.165) is 25.2 Å². The Balaban J connectivity index is 2.12. The minimum Gasteiger partial charge on any atom is -0.494 e. The molecule has 1 aromatic rings. The monoisotopic (exact) mass is 284 g/mol. The van der Waals surface area contributed by atoms with E-state index in [4.69, 9.17) is 25.8 Å². The molecule has 106 valence electrons. The highest BCUT2D eigenvalue weighted by atomic mass is 35.5. The van der Waals surface area contributed by atoms with Gasteiger partial charge in [-0.1, -0.05) is 6.07 Å². The average Bonchev–Trinajstić information content (AvgIpc) is 2.62. The number of ether oxygens (including phenoxy) is 3. The SMILES string of the molecule is CCOc1ccc2c(c1)CCCOC2COCCCl. The first-order valence-electron chi connectivity index (χ1n) is 6.86. The maximum atomic E-state index is 5.87. The predicted molar refractivity (Wildman–Crippen MR) is 76.2 cm³/mol. The molecule has 3 nitrogen and oxygen atoms in total. The molecule has 0 N–H and O–H groups in total. The van der Waals surface area contributed by atoms with Crippen LogP contribution in [0.15, 0.2) is 18.2 Å². The topological polar surface area (TPSA) is 27.7 Å². The summed E-state index contributed by atoms with van der Waals surface area (Å²) in [5.41, 5.74) is 2.53. The second-order valence-electron chi connectivity index (χ2n) is 4.52. The Hall–Kier alpha value is -0.770. The van der Waals surface area contributed by atoms with E-state index < -0.39 is 0 Å². The van der Waals surface area contributed by atoms with Gasteiger partial charge >= 0.3 is 0 Å². The molecule has 0 bridgehead atoms. The average molecular weight is 285 g/mol. The fraction of sp³-hybridized carbons (Fsp3) is 0.600. The van der Waals surface area contributed by atoms with Crippen LogP contribution >= 0.6 is 11.6 Å². The smallest absolute Gasteiger partial charge is 0.119 e. The predicted octanol–water partition coefficient (Wildman–Crippen LogP) is 3.34. The molecule has 0 saturated heterocycles. The van der Waals surface area contributed by atoms with E-state index in [0.29, 0.717) is 25.7 Å². The molecule has 0 aromatic heterocycles. The number of hydrogen-bond donors (Lipinski definition) is 0. The summed E-state index contributed by atoms with van der Waals surface area (Å²) in [7, 11) is 0. The van der Waals surface area contributed by atoms with Gasteiger partial charge in [0.25, 0.3) is 0 Å². The van der Waals surface area contributed by atoms with Crippen molar-refractivity contribution in [3.05, 3.63) is 29.3 Å². The molecule has 0 saturated carbocycles. The first kappa shape index (κ1) is 14.6. The standard InChI is InChI=1S/C15H21ClO3/c1-2-18-13-5-6-14-12(10-13)4-3-8-19-15(14)11-17-9-7-16/h5-6,10,15H,2-4,7-9,11H2,1H3. The van der Waals surface area contributed by atoms with Crippen molar-refractivity contribution >= 4 is 11.6 Å². The van der Waals surface area contributed by atoms with Crippen molar-refractivity contribution in [2.24, 2.45) is 0 Å². The lowest BCUT2D eigenvalue weighted by Gasteiger charge is -2.18. The normalized spacial score (nSPS) is 18.7. The summed E-state index contributed by atoms with van der Waals surface area (Å²) < 4.78 is 16.9. The van der Waals surface area contributed by atoms with Crippen LogP contribution in [0.5, 0.6) is 5.75 Å². The molecular formula is C15H21ClO3. The summed E-state index contributed by atoms with van der Waals surface area (Å²) in [6, 6.07) is 6.23. The number of hydrogen-bond acceptors (Lipinski definition) is 3. The third-order valence-electron chi connectivity index (χ3n) is 3.17. The van der Waals surface area contributed by atoms with E-state index in [2.05, 4.69) is 12.1 Å². The maximum Gasteiger partial charge on any atom is 0.119 e. The van der Waals surface area contributed by atoms with E-state index in [-0.39, 0.29) is 6.10 Å². The summed E-state index contributed by atoms with van der Waals surface area (Å²) in [4.78, 5) is 0. The third kappa shape index (κ3) is 4.10. The van der Waals surface area contributed by atoms with Gasteiger partial charge in [-0.15, -0.1) is 11.6 Å². The first-order chi connectivity index (χ1) is 9.35. The molecule has 1 aliphatic rings. The molecule has 0 fully saturated rings. The number of aryl methyl sites for hydroxylation is 1. The molecule has 4 heteroatoms. The van der Waals surface area contributed by atoms with Crippen molar-refractivity contribution in [3.63, 3.8) is 0 Å². The van der Waals surface area contributed by atoms with Crippen molar-refractivity contribution in [1.29, 1.82) is 0 Å². The zero-order valence-electron chi connectivity index (χ0n) is 11.4. The van der Waals surface area contributed by atoms with Crippen LogP contribution in [0, 0.1) is 0 Å². The largest absolute Gasteiger partial charge is 0.494 e. The van der Waals surface area contributed by atoms with E-state index in [9.17, 15) is 0 Å². The summed E-state index contributed by atoms with van der Waals surface area (Å²) in [6.45, 7) is 4.59. The van der Waals surface area contributed by atoms with Crippen LogP contribution in [0.25, 0.3) is 0 Å². The van der Waals surface area contributed by atoms with Gasteiger partial charge in [0.15, 0.2) is 0 Å². The second-order valence-corrected chi connectivity index (χ2v) is 4.90. The highest BCUT2D eigenvalue weighted by molar-refractivity contribution is 6.17. The molecule has 0 aliphatic carbocycles. The van der Waals surface area contributed by atoms with Crippen LogP contribution in [-0.2, 0) is 15.9 Å². The van der Waals surface area contributed by atoms with Crippen molar-refractivity contribution in [2.75, 3.05) is 32.3 Å². The zero-order chi connectivity index (χ0) is 13.5. The third-order valence-corrected chi connectivity index (χ3v) is 3.33. The maximum absolute atomic E-state index is 5.87. The lowest BCUT2D eigenvalue weighted by atomic mass is 10.00. The molecular weight excluding hydrogens is 264 g/mol. The van der Waals surface area contributed by atoms with E-state index in [1.54, 1.807) is 0 Å². The molecule has 1 unspecified atom stereocenters. The quantitative estimate of drug-likeness (QED) is 0.592. The minimum atomic E-state index is 0.0105. The van der Waals surface area contributed by atoms with Crippen LogP contribution in [-0.4, -0.2) is 32.3 Å². The highest BCUT2D eigenvalue weighted by Crippen LogP contribution is 2.29. The fourth-order valence-corrected chi connectivity index (χ4v) is 2.44. The minimum absolute atomic E-state index is 0.0105. The van der Waals surface area contributed by atoms with Gasteiger partial charge < -0.3 is 14.2 Å². The van der Waals surface area contributed by atoms with Crippen LogP contribution in [0.1, 0.15) is 30.6 Å². The number of rotatable bonds is 6. The van der Waals surface area contributed by atoms with Gasteiger partial charge in [0.2, 0.25) is 0 Å². The summed E-state index contributed by atoms with van der Waals surface area (Å²) in [6.07, 6.45) is 2.08. The Bertz CT molecular complexity index is 395. The Labute approximate surface area is 119 Å². The molecule has 19 heavy (non-hydrogen) atoms. The summed E-state index contributed by atoms with van der Waals surface area (Å²) in [5.74, 6) is 1.45. The van der Waals surface area contributed by atoms with Crippen molar-refractivity contribution in [1.82, 2.24) is 0 Å². The lowest BCUT2D eigenvalue weighted by molar-refractivity contribution is -0.0119. The number of fused-ring (bicyclic) bond motifs is 1. The van der Waals surface area contributed by atoms with Crippen molar-refractivity contribution in [3.8, 4) is 5.75 Å². The Morgan fingerprint density at radius 2 is 2.32 bits per heavy atom. The fourth-order valence-electron chi connectivity index (χ4n) is 2.33. The van der Waals surface area contributed by atoms with Gasteiger partial charge in [-0.05, 0) is 43.0 Å². The molecule has 0 amide bonds. The van der Waals surface area contributed by atoms with Gasteiger partial charge in [-0.25, -0.2) is 0 Å². The summed E-state index contributed by atoms with van der Waals surface area (Å²) >= 11 is 5.62. The van der Waals surface area contributed by atoms with Crippen LogP contribution in [0.4, 0.5) is 0 Å². The molecule has 1 atom stereocenters. The van der Waals surface area contributed by atoms with Crippen LogP contribution in [0.3, 0.4) is 0 Å². The lowest BCUT2D eigenvalue weighted by Crippen LogP contribution is -2.13. The van der Waals surface area contributed by atoms with Gasteiger partial charge in [-0.3, -0.25) is 0 Å². The van der Waals surface area contributed by atoms with Gasteiger partial charge in [0.05, 0.1) is 19.8 Å². The zero-order valence-corrected chi connectivity index (χ0v) is 12.1. The van der Waals surface area contributed by atoms with Gasteiger partial charge in [0.1, 0.15) is 11.9 Å². The number of benzene rings is 1. The molecule has 1 heterocycles. The number of alkyl halides is 1. The Morgan fingerprint density at radius 3 is 3.11 bits per heavy atom. The van der Waals surface area contributed by atoms with E-state index >= 15 is 0 Å². The summed E-state index contributed by atoms with van der Waals surface area (Å²) in [5, 5.41) is 0. The molecule has 2 rings (SSSR count).